The average Bonchev–Trinajstić information content (AvgIpc) is 3.07. The topological polar surface area (TPSA) is 66.5 Å². The number of hydrogen-bond acceptors (Lipinski definition) is 4. The summed E-state index contributed by atoms with van der Waals surface area (Å²) in [6.07, 6.45) is 0. The fourth-order valence-corrected chi connectivity index (χ4v) is 4.47. The maximum Gasteiger partial charge on any atom is 0.253 e. The number of benzene rings is 1. The first-order valence-electron chi connectivity index (χ1n) is 6.98. The molecule has 2 aromatic rings. The monoisotopic (exact) mass is 356 g/mol. The third-order valence-electron chi connectivity index (χ3n) is 3.16. The number of amides is 1. The zero-order valence-corrected chi connectivity index (χ0v) is 14.2. The summed E-state index contributed by atoms with van der Waals surface area (Å²) in [7, 11) is -3.65. The van der Waals surface area contributed by atoms with Gasteiger partial charge in [-0.3, -0.25) is 4.79 Å². The number of rotatable bonds is 7. The Kier molecular flexibility index (Phi) is 5.86. The molecular weight excluding hydrogens is 339 g/mol. The summed E-state index contributed by atoms with van der Waals surface area (Å²) < 4.78 is 38.9. The third-order valence-corrected chi connectivity index (χ3v) is 6.46. The van der Waals surface area contributed by atoms with E-state index in [-0.39, 0.29) is 29.7 Å². The van der Waals surface area contributed by atoms with E-state index in [9.17, 15) is 17.6 Å². The molecule has 0 radical (unpaired) electrons. The van der Waals surface area contributed by atoms with Crippen LogP contribution in [0.5, 0.6) is 0 Å². The zero-order chi connectivity index (χ0) is 16.9. The summed E-state index contributed by atoms with van der Waals surface area (Å²) in [5, 5.41) is 4.31. The van der Waals surface area contributed by atoms with Crippen LogP contribution in [0.4, 0.5) is 4.39 Å². The maximum atomic E-state index is 12.8. The molecule has 0 bridgehead atoms. The Labute approximate surface area is 138 Å². The van der Waals surface area contributed by atoms with Gasteiger partial charge in [0.05, 0.1) is 6.54 Å². The van der Waals surface area contributed by atoms with Crippen molar-refractivity contribution in [3.05, 3.63) is 53.2 Å². The number of nitrogens with one attached hydrogen (secondary N) is 1. The number of nitrogens with zero attached hydrogens (tertiary/aromatic N) is 1. The van der Waals surface area contributed by atoms with Crippen LogP contribution in [0.3, 0.4) is 0 Å². The molecule has 23 heavy (non-hydrogen) atoms. The standard InChI is InChI=1S/C15H17FN2O3S2/c1-2-18(23(20,21)15-4-3-9-22-15)11-14(19)17-10-12-5-7-13(16)8-6-12/h3-9H,2,10-11H2,1H3,(H,17,19). The van der Waals surface area contributed by atoms with Crippen LogP contribution in [-0.4, -0.2) is 31.7 Å². The Balaban J connectivity index is 1.96. The quantitative estimate of drug-likeness (QED) is 0.827. The van der Waals surface area contributed by atoms with Crippen LogP contribution in [0, 0.1) is 5.82 Å². The summed E-state index contributed by atoms with van der Waals surface area (Å²) >= 11 is 1.12. The van der Waals surface area contributed by atoms with Gasteiger partial charge in [0, 0.05) is 13.1 Å². The van der Waals surface area contributed by atoms with Crippen molar-refractivity contribution in [2.75, 3.05) is 13.1 Å². The molecule has 5 nitrogen and oxygen atoms in total. The normalized spacial score (nSPS) is 11.6. The van der Waals surface area contributed by atoms with Gasteiger partial charge in [-0.25, -0.2) is 12.8 Å². The molecule has 1 amide bonds. The molecule has 1 aromatic heterocycles. The Morgan fingerprint density at radius 1 is 1.26 bits per heavy atom. The lowest BCUT2D eigenvalue weighted by atomic mass is 10.2. The van der Waals surface area contributed by atoms with E-state index in [4.69, 9.17) is 0 Å². The molecule has 1 N–H and O–H groups in total. The summed E-state index contributed by atoms with van der Waals surface area (Å²) in [5.41, 5.74) is 0.740. The van der Waals surface area contributed by atoms with Gasteiger partial charge in [-0.2, -0.15) is 4.31 Å². The lowest BCUT2D eigenvalue weighted by Gasteiger charge is -2.19. The molecule has 1 aromatic carbocycles. The van der Waals surface area contributed by atoms with Gasteiger partial charge < -0.3 is 5.32 Å². The minimum atomic E-state index is -3.65. The SMILES string of the molecule is CCN(CC(=O)NCc1ccc(F)cc1)S(=O)(=O)c1cccs1. The van der Waals surface area contributed by atoms with Crippen molar-refractivity contribution < 1.29 is 17.6 Å². The van der Waals surface area contributed by atoms with Gasteiger partial charge in [0.1, 0.15) is 10.0 Å². The van der Waals surface area contributed by atoms with Gasteiger partial charge in [0.25, 0.3) is 10.0 Å². The number of likely N-dealkylation sites (N-methyl/N-ethyl adjacent to an activating group) is 1. The van der Waals surface area contributed by atoms with Crippen LogP contribution in [0.2, 0.25) is 0 Å². The molecule has 0 fully saturated rings. The molecule has 124 valence electrons. The van der Waals surface area contributed by atoms with Crippen molar-refractivity contribution in [2.24, 2.45) is 0 Å². The molecule has 0 atom stereocenters. The molecule has 0 aliphatic carbocycles. The lowest BCUT2D eigenvalue weighted by Crippen LogP contribution is -2.40. The smallest absolute Gasteiger partial charge is 0.253 e. The van der Waals surface area contributed by atoms with E-state index in [1.807, 2.05) is 0 Å². The number of hydrogen-bond donors (Lipinski definition) is 1. The molecule has 0 aliphatic rings. The summed E-state index contributed by atoms with van der Waals surface area (Å²) in [6.45, 7) is 1.84. The van der Waals surface area contributed by atoms with Crippen molar-refractivity contribution in [1.82, 2.24) is 9.62 Å². The lowest BCUT2D eigenvalue weighted by molar-refractivity contribution is -0.121. The van der Waals surface area contributed by atoms with Crippen molar-refractivity contribution in [3.63, 3.8) is 0 Å². The van der Waals surface area contributed by atoms with Crippen LogP contribution < -0.4 is 5.32 Å². The molecule has 0 unspecified atom stereocenters. The third kappa shape index (κ3) is 4.60. The number of thiophene rings is 1. The molecule has 2 rings (SSSR count). The first kappa shape index (κ1) is 17.6. The first-order chi connectivity index (χ1) is 10.9. The van der Waals surface area contributed by atoms with Gasteiger partial charge in [0.2, 0.25) is 5.91 Å². The van der Waals surface area contributed by atoms with E-state index in [0.717, 1.165) is 21.2 Å². The number of carbonyl (C=O) groups is 1. The predicted octanol–water partition coefficient (Wildman–Crippen LogP) is 2.21. The van der Waals surface area contributed by atoms with E-state index in [1.165, 1.54) is 18.2 Å². The van der Waals surface area contributed by atoms with Crippen LogP contribution in [0.1, 0.15) is 12.5 Å². The maximum absolute atomic E-state index is 12.8. The Hall–Kier alpha value is -1.77. The van der Waals surface area contributed by atoms with Crippen LogP contribution in [-0.2, 0) is 21.4 Å². The Morgan fingerprint density at radius 3 is 2.52 bits per heavy atom. The molecule has 0 saturated carbocycles. The highest BCUT2D eigenvalue weighted by molar-refractivity contribution is 7.91. The van der Waals surface area contributed by atoms with Crippen molar-refractivity contribution in [3.8, 4) is 0 Å². The number of halogens is 1. The second-order valence-corrected chi connectivity index (χ2v) is 7.88. The first-order valence-corrected chi connectivity index (χ1v) is 9.30. The van der Waals surface area contributed by atoms with E-state index < -0.39 is 15.9 Å². The van der Waals surface area contributed by atoms with Gasteiger partial charge >= 0.3 is 0 Å². The van der Waals surface area contributed by atoms with Gasteiger partial charge in [0.15, 0.2) is 0 Å². The van der Waals surface area contributed by atoms with Gasteiger partial charge in [-0.1, -0.05) is 25.1 Å². The number of sulfonamides is 1. The highest BCUT2D eigenvalue weighted by Crippen LogP contribution is 2.20. The second-order valence-electron chi connectivity index (χ2n) is 4.77. The minimum Gasteiger partial charge on any atom is -0.351 e. The summed E-state index contributed by atoms with van der Waals surface area (Å²) in [4.78, 5) is 12.0. The Morgan fingerprint density at radius 2 is 1.96 bits per heavy atom. The second kappa shape index (κ2) is 7.67. The molecule has 1 heterocycles. The highest BCUT2D eigenvalue weighted by Gasteiger charge is 2.25. The average molecular weight is 356 g/mol. The Bertz CT molecular complexity index is 744. The van der Waals surface area contributed by atoms with Gasteiger partial charge in [-0.05, 0) is 29.1 Å². The van der Waals surface area contributed by atoms with Crippen LogP contribution >= 0.6 is 11.3 Å². The fraction of sp³-hybridized carbons (Fsp3) is 0.267. The minimum absolute atomic E-state index is 0.199. The molecule has 0 aliphatic heterocycles. The molecular formula is C15H17FN2O3S2. The summed E-state index contributed by atoms with van der Waals surface area (Å²) in [6, 6.07) is 8.91. The van der Waals surface area contributed by atoms with Crippen LogP contribution in [0.15, 0.2) is 46.0 Å². The fourth-order valence-electron chi connectivity index (χ4n) is 1.92. The van der Waals surface area contributed by atoms with Crippen LogP contribution in [0.25, 0.3) is 0 Å². The van der Waals surface area contributed by atoms with Crippen molar-refractivity contribution in [1.29, 1.82) is 0 Å². The predicted molar refractivity (Wildman–Crippen MR) is 87.0 cm³/mol. The van der Waals surface area contributed by atoms with E-state index in [2.05, 4.69) is 5.32 Å². The van der Waals surface area contributed by atoms with E-state index >= 15 is 0 Å². The van der Waals surface area contributed by atoms with Gasteiger partial charge in [-0.15, -0.1) is 11.3 Å². The molecule has 0 saturated heterocycles. The largest absolute Gasteiger partial charge is 0.351 e. The molecule has 8 heteroatoms. The van der Waals surface area contributed by atoms with Crippen molar-refractivity contribution >= 4 is 27.3 Å². The molecule has 0 spiro atoms. The number of carbonyl (C=O) groups excluding carboxylic acids is 1. The summed E-state index contributed by atoms with van der Waals surface area (Å²) in [5.74, 6) is -0.754. The van der Waals surface area contributed by atoms with Crippen molar-refractivity contribution in [2.45, 2.75) is 17.7 Å². The van der Waals surface area contributed by atoms with E-state index in [1.54, 1.807) is 30.5 Å². The highest BCUT2D eigenvalue weighted by atomic mass is 32.2. The van der Waals surface area contributed by atoms with E-state index in [0.29, 0.717) is 0 Å². The zero-order valence-electron chi connectivity index (χ0n) is 12.5.